The molecule has 0 unspecified atom stereocenters. The Morgan fingerprint density at radius 2 is 1.79 bits per heavy atom. The van der Waals surface area contributed by atoms with Gasteiger partial charge in [0.05, 0.1) is 11.0 Å². The molecule has 8 heteroatoms. The summed E-state index contributed by atoms with van der Waals surface area (Å²) in [5, 5.41) is 1.84. The summed E-state index contributed by atoms with van der Waals surface area (Å²) in [5.41, 5.74) is 0.913. The first kappa shape index (κ1) is 13.5. The summed E-state index contributed by atoms with van der Waals surface area (Å²) in [6, 6.07) is 6.66. The number of hydrogen-bond donors (Lipinski definition) is 1. The number of para-hydroxylation sites is 2. The molecule has 1 aromatic heterocycles. The first-order chi connectivity index (χ1) is 8.85. The summed E-state index contributed by atoms with van der Waals surface area (Å²) in [6.07, 6.45) is -6.18. The predicted octanol–water partition coefficient (Wildman–Crippen LogP) is 3.17. The van der Waals surface area contributed by atoms with Crippen LogP contribution in [-0.2, 0) is 4.79 Å². The molecule has 1 heterocycles. The Bertz CT molecular complexity index is 630. The third-order valence-corrected chi connectivity index (χ3v) is 2.41. The Hall–Kier alpha value is -1.89. The molecular weight excluding hydrogens is 283 g/mol. The molecule has 0 aliphatic heterocycles. The minimum atomic E-state index is -4.58. The lowest BCUT2D eigenvalue weighted by atomic mass is 10.3. The van der Waals surface area contributed by atoms with Crippen LogP contribution in [0.1, 0.15) is 6.42 Å². The van der Waals surface area contributed by atoms with Gasteiger partial charge in [-0.25, -0.2) is 9.97 Å². The van der Waals surface area contributed by atoms with Gasteiger partial charge in [-0.2, -0.15) is 13.2 Å². The molecule has 0 atom stereocenters. The number of nitrogens with one attached hydrogen (secondary N) is 1. The third kappa shape index (κ3) is 3.54. The minimum absolute atomic E-state index is 0.158. The van der Waals surface area contributed by atoms with E-state index in [1.54, 1.807) is 24.3 Å². The predicted molar refractivity (Wildman–Crippen MR) is 63.8 cm³/mol. The maximum Gasteiger partial charge on any atom is 0.397 e. The van der Waals surface area contributed by atoms with Gasteiger partial charge >= 0.3 is 6.18 Å². The lowest BCUT2D eigenvalue weighted by molar-refractivity contribution is -0.150. The zero-order valence-corrected chi connectivity index (χ0v) is 10.1. The van der Waals surface area contributed by atoms with Crippen LogP contribution in [0.15, 0.2) is 24.3 Å². The monoisotopic (exact) mass is 289 g/mol. The Morgan fingerprint density at radius 3 is 2.37 bits per heavy atom. The fourth-order valence-electron chi connectivity index (χ4n) is 1.42. The summed E-state index contributed by atoms with van der Waals surface area (Å²) in [7, 11) is 0. The van der Waals surface area contributed by atoms with E-state index in [4.69, 9.17) is 11.6 Å². The lowest BCUT2D eigenvalue weighted by Gasteiger charge is -2.08. The smallest absolute Gasteiger partial charge is 0.308 e. The maximum absolute atomic E-state index is 12.0. The number of fused-ring (bicyclic) bond motifs is 1. The molecule has 100 valence electrons. The highest BCUT2D eigenvalue weighted by molar-refractivity contribution is 6.32. The first-order valence-corrected chi connectivity index (χ1v) is 5.52. The van der Waals surface area contributed by atoms with Gasteiger partial charge in [0.2, 0.25) is 5.91 Å². The highest BCUT2D eigenvalue weighted by atomic mass is 35.5. The van der Waals surface area contributed by atoms with Crippen LogP contribution >= 0.6 is 11.6 Å². The van der Waals surface area contributed by atoms with Crippen molar-refractivity contribution < 1.29 is 18.0 Å². The molecule has 2 aromatic rings. The topological polar surface area (TPSA) is 54.9 Å². The quantitative estimate of drug-likeness (QED) is 0.924. The van der Waals surface area contributed by atoms with Crippen molar-refractivity contribution in [1.82, 2.24) is 9.97 Å². The Kier molecular flexibility index (Phi) is 3.57. The van der Waals surface area contributed by atoms with E-state index in [1.807, 2.05) is 5.32 Å². The summed E-state index contributed by atoms with van der Waals surface area (Å²) >= 11 is 5.75. The lowest BCUT2D eigenvalue weighted by Crippen LogP contribution is -2.22. The van der Waals surface area contributed by atoms with E-state index in [2.05, 4.69) is 9.97 Å². The van der Waals surface area contributed by atoms with Crippen LogP contribution in [0.2, 0.25) is 5.15 Å². The van der Waals surface area contributed by atoms with Crippen LogP contribution in [0.25, 0.3) is 11.0 Å². The number of halogens is 4. The van der Waals surface area contributed by atoms with Crippen LogP contribution in [0.3, 0.4) is 0 Å². The molecule has 0 aliphatic rings. The molecule has 0 bridgehead atoms. The average Bonchev–Trinajstić information content (AvgIpc) is 2.27. The summed E-state index contributed by atoms with van der Waals surface area (Å²) in [5.74, 6) is -1.42. The summed E-state index contributed by atoms with van der Waals surface area (Å²) < 4.78 is 36.1. The maximum atomic E-state index is 12.0. The molecule has 19 heavy (non-hydrogen) atoms. The number of benzene rings is 1. The van der Waals surface area contributed by atoms with Gasteiger partial charge in [0.1, 0.15) is 6.42 Å². The Balaban J connectivity index is 2.25. The van der Waals surface area contributed by atoms with E-state index in [9.17, 15) is 18.0 Å². The van der Waals surface area contributed by atoms with Gasteiger partial charge in [-0.15, -0.1) is 0 Å². The molecular formula is C11H7ClF3N3O. The van der Waals surface area contributed by atoms with Gasteiger partial charge < -0.3 is 5.32 Å². The number of nitrogens with zero attached hydrogens (tertiary/aromatic N) is 2. The van der Waals surface area contributed by atoms with Crippen molar-refractivity contribution in [1.29, 1.82) is 0 Å². The number of aromatic nitrogens is 2. The van der Waals surface area contributed by atoms with Gasteiger partial charge in [-0.1, -0.05) is 23.7 Å². The summed E-state index contributed by atoms with van der Waals surface area (Å²) in [4.78, 5) is 19.0. The van der Waals surface area contributed by atoms with Crippen molar-refractivity contribution in [3.05, 3.63) is 29.4 Å². The van der Waals surface area contributed by atoms with E-state index < -0.39 is 18.5 Å². The van der Waals surface area contributed by atoms with Crippen LogP contribution in [0.5, 0.6) is 0 Å². The zero-order valence-electron chi connectivity index (χ0n) is 9.33. The number of anilines is 1. The number of carbonyl (C=O) groups is 1. The van der Waals surface area contributed by atoms with Gasteiger partial charge in [0.25, 0.3) is 0 Å². The van der Waals surface area contributed by atoms with E-state index in [0.717, 1.165) is 0 Å². The normalized spacial score (nSPS) is 11.6. The number of alkyl halides is 3. The summed E-state index contributed by atoms with van der Waals surface area (Å²) in [6.45, 7) is 0. The second-order valence-corrected chi connectivity index (χ2v) is 4.05. The van der Waals surface area contributed by atoms with E-state index in [-0.39, 0.29) is 11.0 Å². The number of hydrogen-bond acceptors (Lipinski definition) is 3. The van der Waals surface area contributed by atoms with Crippen molar-refractivity contribution in [2.24, 2.45) is 0 Å². The molecule has 0 fully saturated rings. The number of carbonyl (C=O) groups excluding carboxylic acids is 1. The highest BCUT2D eigenvalue weighted by Gasteiger charge is 2.31. The fraction of sp³-hybridized carbons (Fsp3) is 0.182. The molecule has 1 N–H and O–H groups in total. The van der Waals surface area contributed by atoms with E-state index in [0.29, 0.717) is 11.0 Å². The van der Waals surface area contributed by atoms with Crippen molar-refractivity contribution in [3.63, 3.8) is 0 Å². The molecule has 0 saturated carbocycles. The molecule has 2 rings (SSSR count). The van der Waals surface area contributed by atoms with E-state index >= 15 is 0 Å². The third-order valence-electron chi connectivity index (χ3n) is 2.15. The van der Waals surface area contributed by atoms with Crippen LogP contribution in [-0.4, -0.2) is 22.1 Å². The molecule has 0 spiro atoms. The van der Waals surface area contributed by atoms with Gasteiger partial charge in [0.15, 0.2) is 11.0 Å². The Morgan fingerprint density at radius 1 is 1.21 bits per heavy atom. The highest BCUT2D eigenvalue weighted by Crippen LogP contribution is 2.23. The molecule has 0 radical (unpaired) electrons. The van der Waals surface area contributed by atoms with Crippen molar-refractivity contribution in [2.75, 3.05) is 5.32 Å². The number of amides is 1. The van der Waals surface area contributed by atoms with Crippen molar-refractivity contribution in [2.45, 2.75) is 12.6 Å². The van der Waals surface area contributed by atoms with Crippen molar-refractivity contribution in [3.8, 4) is 0 Å². The SMILES string of the molecule is O=C(CC(F)(F)F)Nc1nc2ccccc2nc1Cl. The Labute approximate surface area is 110 Å². The number of rotatable bonds is 2. The standard InChI is InChI=1S/C11H7ClF3N3O/c12-9-10(18-8(19)5-11(13,14)15)17-7-4-2-1-3-6(7)16-9/h1-4H,5H2,(H,17,18,19). The van der Waals surface area contributed by atoms with Gasteiger partial charge in [-0.3, -0.25) is 4.79 Å². The second-order valence-electron chi connectivity index (χ2n) is 3.69. The molecule has 1 amide bonds. The second kappa shape index (κ2) is 5.00. The van der Waals surface area contributed by atoms with Crippen LogP contribution in [0.4, 0.5) is 19.0 Å². The van der Waals surface area contributed by atoms with E-state index in [1.165, 1.54) is 0 Å². The molecule has 1 aromatic carbocycles. The minimum Gasteiger partial charge on any atom is -0.308 e. The molecule has 0 saturated heterocycles. The zero-order chi connectivity index (χ0) is 14.0. The van der Waals surface area contributed by atoms with Gasteiger partial charge in [-0.05, 0) is 12.1 Å². The van der Waals surface area contributed by atoms with Crippen molar-refractivity contribution >= 4 is 34.4 Å². The first-order valence-electron chi connectivity index (χ1n) is 5.14. The molecule has 4 nitrogen and oxygen atoms in total. The fourth-order valence-corrected chi connectivity index (χ4v) is 1.60. The van der Waals surface area contributed by atoms with Gasteiger partial charge in [0, 0.05) is 0 Å². The largest absolute Gasteiger partial charge is 0.397 e. The molecule has 0 aliphatic carbocycles. The average molecular weight is 290 g/mol. The van der Waals surface area contributed by atoms with Crippen LogP contribution < -0.4 is 5.32 Å². The van der Waals surface area contributed by atoms with Crippen LogP contribution in [0, 0.1) is 0 Å².